The number of nitrogens with zero attached hydrogens (tertiary/aromatic N) is 1. The van der Waals surface area contributed by atoms with Crippen molar-refractivity contribution >= 4 is 15.7 Å². The van der Waals surface area contributed by atoms with Gasteiger partial charge in [-0.1, -0.05) is 19.3 Å². The van der Waals surface area contributed by atoms with Crippen molar-refractivity contribution in [3.8, 4) is 0 Å². The van der Waals surface area contributed by atoms with E-state index in [4.69, 9.17) is 4.74 Å². The second-order valence-electron chi connectivity index (χ2n) is 6.81. The van der Waals surface area contributed by atoms with Gasteiger partial charge in [0.15, 0.2) is 9.84 Å². The Morgan fingerprint density at radius 3 is 2.62 bits per heavy atom. The Kier molecular flexibility index (Phi) is 4.28. The zero-order valence-corrected chi connectivity index (χ0v) is 13.4. The lowest BCUT2D eigenvalue weighted by atomic mass is 9.83. The molecule has 6 heteroatoms. The molecule has 1 unspecified atom stereocenters. The standard InChI is InChI=1S/C15H25NO4S/c17-14(13-5-4-10-21(18,19)11-13)16-8-9-20-15(12-16)6-2-1-3-7-15/h13H,1-12H2. The van der Waals surface area contributed by atoms with Gasteiger partial charge in [0.2, 0.25) is 5.91 Å². The van der Waals surface area contributed by atoms with Crippen LogP contribution in [0.2, 0.25) is 0 Å². The van der Waals surface area contributed by atoms with Gasteiger partial charge < -0.3 is 9.64 Å². The summed E-state index contributed by atoms with van der Waals surface area (Å²) >= 11 is 0. The molecule has 3 rings (SSSR count). The van der Waals surface area contributed by atoms with Gasteiger partial charge in [-0.2, -0.15) is 0 Å². The Labute approximate surface area is 126 Å². The number of ether oxygens (including phenoxy) is 1. The van der Waals surface area contributed by atoms with Crippen molar-refractivity contribution in [2.45, 2.75) is 50.5 Å². The first-order valence-corrected chi connectivity index (χ1v) is 9.95. The SMILES string of the molecule is O=C(C1CCCS(=O)(=O)C1)N1CCOC2(CCCCC2)C1. The fourth-order valence-corrected chi connectivity index (χ4v) is 5.70. The van der Waals surface area contributed by atoms with Crippen molar-refractivity contribution in [2.75, 3.05) is 31.2 Å². The van der Waals surface area contributed by atoms with E-state index in [0.29, 0.717) is 32.5 Å². The summed E-state index contributed by atoms with van der Waals surface area (Å²) in [4.78, 5) is 14.5. The molecule has 2 saturated heterocycles. The molecule has 21 heavy (non-hydrogen) atoms. The molecule has 5 nitrogen and oxygen atoms in total. The zero-order chi connectivity index (χ0) is 14.9. The summed E-state index contributed by atoms with van der Waals surface area (Å²) in [6.45, 7) is 1.85. The van der Waals surface area contributed by atoms with Crippen LogP contribution in [0, 0.1) is 5.92 Å². The molecule has 120 valence electrons. The van der Waals surface area contributed by atoms with E-state index >= 15 is 0 Å². The first-order valence-electron chi connectivity index (χ1n) is 8.13. The third-order valence-corrected chi connectivity index (χ3v) is 6.96. The number of carbonyl (C=O) groups is 1. The predicted octanol–water partition coefficient (Wildman–Crippen LogP) is 1.37. The highest BCUT2D eigenvalue weighted by molar-refractivity contribution is 7.91. The van der Waals surface area contributed by atoms with Gasteiger partial charge >= 0.3 is 0 Å². The van der Waals surface area contributed by atoms with E-state index < -0.39 is 9.84 Å². The second kappa shape index (κ2) is 5.88. The van der Waals surface area contributed by atoms with E-state index in [1.807, 2.05) is 4.90 Å². The average molecular weight is 315 g/mol. The number of carbonyl (C=O) groups excluding carboxylic acids is 1. The number of amides is 1. The van der Waals surface area contributed by atoms with Crippen LogP contribution in [0.25, 0.3) is 0 Å². The number of sulfone groups is 1. The highest BCUT2D eigenvalue weighted by Crippen LogP contribution is 2.35. The minimum Gasteiger partial charge on any atom is -0.371 e. The normalized spacial score (nSPS) is 32.0. The van der Waals surface area contributed by atoms with Crippen LogP contribution in [0.3, 0.4) is 0 Å². The molecule has 0 aromatic heterocycles. The van der Waals surface area contributed by atoms with Crippen molar-refractivity contribution in [1.82, 2.24) is 4.90 Å². The Hall–Kier alpha value is -0.620. The van der Waals surface area contributed by atoms with Gasteiger partial charge in [0.25, 0.3) is 0 Å². The lowest BCUT2D eigenvalue weighted by molar-refractivity contribution is -0.159. The topological polar surface area (TPSA) is 63.7 Å². The summed E-state index contributed by atoms with van der Waals surface area (Å²) in [7, 11) is -3.03. The number of morpholine rings is 1. The molecule has 1 saturated carbocycles. The van der Waals surface area contributed by atoms with Crippen LogP contribution in [-0.4, -0.2) is 56.0 Å². The minimum atomic E-state index is -3.03. The maximum atomic E-state index is 12.7. The first-order chi connectivity index (χ1) is 10.00. The van der Waals surface area contributed by atoms with Crippen molar-refractivity contribution in [3.05, 3.63) is 0 Å². The molecule has 0 bridgehead atoms. The van der Waals surface area contributed by atoms with E-state index in [1.165, 1.54) is 19.3 Å². The smallest absolute Gasteiger partial charge is 0.226 e. The Bertz CT molecular complexity index is 490. The van der Waals surface area contributed by atoms with Crippen LogP contribution in [0.15, 0.2) is 0 Å². The van der Waals surface area contributed by atoms with E-state index in [9.17, 15) is 13.2 Å². The first kappa shape index (κ1) is 15.3. The highest BCUT2D eigenvalue weighted by atomic mass is 32.2. The van der Waals surface area contributed by atoms with E-state index in [-0.39, 0.29) is 28.9 Å². The van der Waals surface area contributed by atoms with Crippen LogP contribution < -0.4 is 0 Å². The van der Waals surface area contributed by atoms with E-state index in [0.717, 1.165) is 12.8 Å². The van der Waals surface area contributed by atoms with Crippen LogP contribution in [0.5, 0.6) is 0 Å². The van der Waals surface area contributed by atoms with Crippen LogP contribution in [0.4, 0.5) is 0 Å². The molecule has 2 aliphatic heterocycles. The molecule has 3 aliphatic rings. The van der Waals surface area contributed by atoms with Crippen LogP contribution >= 0.6 is 0 Å². The Morgan fingerprint density at radius 1 is 1.14 bits per heavy atom. The summed E-state index contributed by atoms with van der Waals surface area (Å²) in [5, 5.41) is 0. The molecule has 3 fully saturated rings. The Balaban J connectivity index is 1.66. The summed E-state index contributed by atoms with van der Waals surface area (Å²) < 4.78 is 29.5. The fourth-order valence-electron chi connectivity index (χ4n) is 4.01. The average Bonchev–Trinajstić information content (AvgIpc) is 2.46. The molecular weight excluding hydrogens is 290 g/mol. The minimum absolute atomic E-state index is 0.0338. The highest BCUT2D eigenvalue weighted by Gasteiger charge is 2.41. The number of hydrogen-bond acceptors (Lipinski definition) is 4. The molecule has 1 spiro atoms. The third-order valence-electron chi connectivity index (χ3n) is 5.14. The quantitative estimate of drug-likeness (QED) is 0.733. The van der Waals surface area contributed by atoms with Gasteiger partial charge in [-0.05, 0) is 25.7 Å². The van der Waals surface area contributed by atoms with Crippen molar-refractivity contribution in [3.63, 3.8) is 0 Å². The molecule has 0 aromatic rings. The van der Waals surface area contributed by atoms with Gasteiger partial charge in [0.1, 0.15) is 0 Å². The largest absolute Gasteiger partial charge is 0.371 e. The fraction of sp³-hybridized carbons (Fsp3) is 0.933. The lowest BCUT2D eigenvalue weighted by Gasteiger charge is -2.45. The summed E-state index contributed by atoms with van der Waals surface area (Å²) in [5.41, 5.74) is -0.153. The molecule has 0 aromatic carbocycles. The predicted molar refractivity (Wildman–Crippen MR) is 79.7 cm³/mol. The van der Waals surface area contributed by atoms with Crippen molar-refractivity contribution in [2.24, 2.45) is 5.92 Å². The maximum Gasteiger partial charge on any atom is 0.226 e. The maximum absolute atomic E-state index is 12.7. The lowest BCUT2D eigenvalue weighted by Crippen LogP contribution is -2.56. The van der Waals surface area contributed by atoms with Crippen LogP contribution in [-0.2, 0) is 19.4 Å². The van der Waals surface area contributed by atoms with Crippen molar-refractivity contribution < 1.29 is 17.9 Å². The number of rotatable bonds is 1. The van der Waals surface area contributed by atoms with E-state index in [1.54, 1.807) is 0 Å². The monoisotopic (exact) mass is 315 g/mol. The Morgan fingerprint density at radius 2 is 1.90 bits per heavy atom. The van der Waals surface area contributed by atoms with Gasteiger partial charge in [-0.3, -0.25) is 4.79 Å². The molecule has 1 atom stereocenters. The van der Waals surface area contributed by atoms with Gasteiger partial charge in [0, 0.05) is 13.1 Å². The third kappa shape index (κ3) is 3.42. The molecule has 1 amide bonds. The van der Waals surface area contributed by atoms with Crippen LogP contribution in [0.1, 0.15) is 44.9 Å². The molecule has 0 N–H and O–H groups in total. The van der Waals surface area contributed by atoms with Gasteiger partial charge in [0.05, 0.1) is 29.6 Å². The second-order valence-corrected chi connectivity index (χ2v) is 9.03. The zero-order valence-electron chi connectivity index (χ0n) is 12.6. The van der Waals surface area contributed by atoms with Gasteiger partial charge in [-0.25, -0.2) is 8.42 Å². The number of hydrogen-bond donors (Lipinski definition) is 0. The van der Waals surface area contributed by atoms with Crippen molar-refractivity contribution in [1.29, 1.82) is 0 Å². The van der Waals surface area contributed by atoms with E-state index in [2.05, 4.69) is 0 Å². The summed E-state index contributed by atoms with van der Waals surface area (Å²) in [6.07, 6.45) is 6.97. The molecule has 1 aliphatic carbocycles. The summed E-state index contributed by atoms with van der Waals surface area (Å²) in [5.74, 6) is -0.0194. The molecule has 0 radical (unpaired) electrons. The molecule has 2 heterocycles. The summed E-state index contributed by atoms with van der Waals surface area (Å²) in [6, 6.07) is 0. The van der Waals surface area contributed by atoms with Gasteiger partial charge in [-0.15, -0.1) is 0 Å². The molecular formula is C15H25NO4S.